The minimum Gasteiger partial charge on any atom is -0.494 e. The molecule has 18 heavy (non-hydrogen) atoms. The lowest BCUT2D eigenvalue weighted by Crippen LogP contribution is -2.00. The van der Waals surface area contributed by atoms with Gasteiger partial charge in [-0.25, -0.2) is 0 Å². The van der Waals surface area contributed by atoms with Crippen molar-refractivity contribution >= 4 is 0 Å². The Bertz CT molecular complexity index is 562. The molecule has 2 aromatic rings. The van der Waals surface area contributed by atoms with Crippen molar-refractivity contribution in [3.63, 3.8) is 0 Å². The number of aromatic nitrogens is 1. The molecule has 0 saturated heterocycles. The van der Waals surface area contributed by atoms with Crippen LogP contribution in [0.2, 0.25) is 0 Å². The number of para-hydroxylation sites is 1. The summed E-state index contributed by atoms with van der Waals surface area (Å²) in [7, 11) is 1.51. The molecule has 0 spiro atoms. The number of pyridine rings is 1. The smallest absolute Gasteiger partial charge is 0.154 e. The van der Waals surface area contributed by atoms with Crippen molar-refractivity contribution in [2.45, 2.75) is 6.61 Å². The van der Waals surface area contributed by atoms with E-state index >= 15 is 0 Å². The summed E-state index contributed by atoms with van der Waals surface area (Å²) in [6, 6.07) is 13.2. The van der Waals surface area contributed by atoms with Gasteiger partial charge in [0, 0.05) is 0 Å². The molecule has 1 aromatic carbocycles. The molecule has 4 nitrogen and oxygen atoms in total. The molecule has 0 amide bonds. The molecule has 1 heterocycles. The summed E-state index contributed by atoms with van der Waals surface area (Å²) in [5.74, 6) is 1.24. The molecule has 0 bridgehead atoms. The summed E-state index contributed by atoms with van der Waals surface area (Å²) in [6.45, 7) is 0.322. The number of benzene rings is 1. The molecule has 0 N–H and O–H groups in total. The predicted molar refractivity (Wildman–Crippen MR) is 66.3 cm³/mol. The molecule has 4 heteroatoms. The summed E-state index contributed by atoms with van der Waals surface area (Å²) in [4.78, 5) is 4.17. The SMILES string of the molecule is COc1cnc(COc2ccccc2)cc1C#N. The van der Waals surface area contributed by atoms with Gasteiger partial charge in [-0.2, -0.15) is 5.26 Å². The zero-order valence-electron chi connectivity index (χ0n) is 9.96. The van der Waals surface area contributed by atoms with Crippen molar-refractivity contribution in [1.82, 2.24) is 4.98 Å². The van der Waals surface area contributed by atoms with E-state index in [1.807, 2.05) is 30.3 Å². The number of hydrogen-bond acceptors (Lipinski definition) is 4. The summed E-state index contributed by atoms with van der Waals surface area (Å²) in [5.41, 5.74) is 1.15. The molecule has 0 saturated carbocycles. The van der Waals surface area contributed by atoms with Crippen molar-refractivity contribution in [1.29, 1.82) is 5.26 Å². The monoisotopic (exact) mass is 240 g/mol. The number of ether oxygens (including phenoxy) is 2. The third-order valence-corrected chi connectivity index (χ3v) is 2.39. The third kappa shape index (κ3) is 2.77. The van der Waals surface area contributed by atoms with Gasteiger partial charge in [-0.1, -0.05) is 18.2 Å². The van der Waals surface area contributed by atoms with Crippen LogP contribution in [0.1, 0.15) is 11.3 Å². The fourth-order valence-corrected chi connectivity index (χ4v) is 1.49. The van der Waals surface area contributed by atoms with Gasteiger partial charge in [-0.05, 0) is 18.2 Å². The van der Waals surface area contributed by atoms with Crippen LogP contribution in [0.4, 0.5) is 0 Å². The average molecular weight is 240 g/mol. The van der Waals surface area contributed by atoms with Gasteiger partial charge in [-0.15, -0.1) is 0 Å². The van der Waals surface area contributed by atoms with E-state index < -0.39 is 0 Å². The molecule has 0 aliphatic carbocycles. The number of nitrogens with zero attached hydrogens (tertiary/aromatic N) is 2. The molecule has 0 atom stereocenters. The van der Waals surface area contributed by atoms with E-state index in [9.17, 15) is 0 Å². The summed E-state index contributed by atoms with van der Waals surface area (Å²) in [5, 5.41) is 8.96. The molecule has 1 aromatic heterocycles. The van der Waals surface area contributed by atoms with Crippen LogP contribution in [-0.2, 0) is 6.61 Å². The molecule has 0 radical (unpaired) electrons. The standard InChI is InChI=1S/C14H12N2O2/c1-17-14-9-16-12(7-11(14)8-15)10-18-13-5-3-2-4-6-13/h2-7,9H,10H2,1H3. The van der Waals surface area contributed by atoms with Crippen LogP contribution >= 0.6 is 0 Å². The quantitative estimate of drug-likeness (QED) is 0.824. The van der Waals surface area contributed by atoms with Crippen LogP contribution in [0.15, 0.2) is 42.6 Å². The summed E-state index contributed by atoms with van der Waals surface area (Å²) >= 11 is 0. The van der Waals surface area contributed by atoms with Crippen LogP contribution in [0, 0.1) is 11.3 Å². The Hall–Kier alpha value is -2.54. The van der Waals surface area contributed by atoms with Gasteiger partial charge < -0.3 is 9.47 Å². The van der Waals surface area contributed by atoms with E-state index in [-0.39, 0.29) is 0 Å². The molecule has 0 unspecified atom stereocenters. The van der Waals surface area contributed by atoms with E-state index in [0.717, 1.165) is 5.75 Å². The van der Waals surface area contributed by atoms with Crippen molar-refractivity contribution in [3.8, 4) is 17.6 Å². The summed E-state index contributed by atoms with van der Waals surface area (Å²) in [6.07, 6.45) is 1.53. The molecule has 2 rings (SSSR count). The maximum Gasteiger partial charge on any atom is 0.154 e. The first-order chi connectivity index (χ1) is 8.83. The highest BCUT2D eigenvalue weighted by Crippen LogP contribution is 2.17. The van der Waals surface area contributed by atoms with Crippen LogP contribution in [0.3, 0.4) is 0 Å². The first-order valence-electron chi connectivity index (χ1n) is 5.44. The van der Waals surface area contributed by atoms with Gasteiger partial charge in [-0.3, -0.25) is 4.98 Å². The second-order valence-corrected chi connectivity index (χ2v) is 3.59. The van der Waals surface area contributed by atoms with Crippen LogP contribution in [0.5, 0.6) is 11.5 Å². The van der Waals surface area contributed by atoms with E-state index in [2.05, 4.69) is 11.1 Å². The molecule has 0 aliphatic rings. The Balaban J connectivity index is 2.09. The van der Waals surface area contributed by atoms with Crippen molar-refractivity contribution in [2.24, 2.45) is 0 Å². The zero-order valence-corrected chi connectivity index (χ0v) is 9.96. The van der Waals surface area contributed by atoms with Crippen LogP contribution in [0.25, 0.3) is 0 Å². The van der Waals surface area contributed by atoms with Crippen LogP contribution < -0.4 is 9.47 Å². The second kappa shape index (κ2) is 5.69. The first-order valence-corrected chi connectivity index (χ1v) is 5.44. The summed E-state index contributed by atoms with van der Waals surface area (Å²) < 4.78 is 10.6. The van der Waals surface area contributed by atoms with E-state index in [1.165, 1.54) is 13.3 Å². The van der Waals surface area contributed by atoms with Crippen molar-refractivity contribution < 1.29 is 9.47 Å². The predicted octanol–water partition coefficient (Wildman–Crippen LogP) is 2.54. The maximum atomic E-state index is 8.96. The minimum absolute atomic E-state index is 0.322. The molecule has 0 fully saturated rings. The Morgan fingerprint density at radius 1 is 1.28 bits per heavy atom. The van der Waals surface area contributed by atoms with E-state index in [4.69, 9.17) is 14.7 Å². The first kappa shape index (κ1) is 11.9. The van der Waals surface area contributed by atoms with Crippen molar-refractivity contribution in [3.05, 3.63) is 53.9 Å². The Labute approximate surface area is 105 Å². The Morgan fingerprint density at radius 2 is 2.06 bits per heavy atom. The lowest BCUT2D eigenvalue weighted by atomic mass is 10.2. The second-order valence-electron chi connectivity index (χ2n) is 3.59. The zero-order chi connectivity index (χ0) is 12.8. The third-order valence-electron chi connectivity index (χ3n) is 2.39. The Kier molecular flexibility index (Phi) is 3.77. The van der Waals surface area contributed by atoms with Crippen molar-refractivity contribution in [2.75, 3.05) is 7.11 Å². The lowest BCUT2D eigenvalue weighted by Gasteiger charge is -2.07. The molecular formula is C14H12N2O2. The lowest BCUT2D eigenvalue weighted by molar-refractivity contribution is 0.300. The Morgan fingerprint density at radius 3 is 2.72 bits per heavy atom. The number of nitriles is 1. The van der Waals surface area contributed by atoms with E-state index in [1.54, 1.807) is 6.07 Å². The van der Waals surface area contributed by atoms with Gasteiger partial charge in [0.05, 0.1) is 24.6 Å². The van der Waals surface area contributed by atoms with Gasteiger partial charge >= 0.3 is 0 Å². The fraction of sp³-hybridized carbons (Fsp3) is 0.143. The van der Waals surface area contributed by atoms with Gasteiger partial charge in [0.25, 0.3) is 0 Å². The molecule has 90 valence electrons. The van der Waals surface area contributed by atoms with Gasteiger partial charge in [0.1, 0.15) is 18.4 Å². The fourth-order valence-electron chi connectivity index (χ4n) is 1.49. The molecule has 0 aliphatic heterocycles. The highest BCUT2D eigenvalue weighted by Gasteiger charge is 2.05. The molecular weight excluding hydrogens is 228 g/mol. The van der Waals surface area contributed by atoms with E-state index in [0.29, 0.717) is 23.6 Å². The largest absolute Gasteiger partial charge is 0.494 e. The number of methoxy groups -OCH3 is 1. The van der Waals surface area contributed by atoms with Gasteiger partial charge in [0.2, 0.25) is 0 Å². The highest BCUT2D eigenvalue weighted by molar-refractivity contribution is 5.42. The number of rotatable bonds is 4. The topological polar surface area (TPSA) is 55.1 Å². The average Bonchev–Trinajstić information content (AvgIpc) is 2.45. The van der Waals surface area contributed by atoms with Gasteiger partial charge in [0.15, 0.2) is 5.75 Å². The highest BCUT2D eigenvalue weighted by atomic mass is 16.5. The minimum atomic E-state index is 0.322. The van der Waals surface area contributed by atoms with Crippen LogP contribution in [-0.4, -0.2) is 12.1 Å². The maximum absolute atomic E-state index is 8.96. The number of hydrogen-bond donors (Lipinski definition) is 0. The normalized spacial score (nSPS) is 9.56.